The number of carbonyl (C=O) groups excluding carboxylic acids is 2. The maximum Gasteiger partial charge on any atom is 0.419 e. The summed E-state index contributed by atoms with van der Waals surface area (Å²) in [5.74, 6) is 0. The van der Waals surface area contributed by atoms with Gasteiger partial charge in [-0.15, -0.1) is 0 Å². The van der Waals surface area contributed by atoms with Gasteiger partial charge in [0, 0.05) is 11.3 Å². The van der Waals surface area contributed by atoms with Crippen molar-refractivity contribution in [2.45, 2.75) is 18.4 Å². The van der Waals surface area contributed by atoms with Gasteiger partial charge in [-0.2, -0.15) is 0 Å². The van der Waals surface area contributed by atoms with Gasteiger partial charge in [0.15, 0.2) is 11.9 Å². The molecule has 0 aliphatic heterocycles. The Morgan fingerprint density at radius 1 is 1.67 bits per heavy atom. The molecule has 0 radical (unpaired) electrons. The number of hydrogen-bond donors (Lipinski definition) is 1. The third-order valence-electron chi connectivity index (χ3n) is 1.42. The van der Waals surface area contributed by atoms with Crippen molar-refractivity contribution in [3.05, 3.63) is 0 Å². The van der Waals surface area contributed by atoms with Gasteiger partial charge in [-0.1, -0.05) is 0 Å². The minimum atomic E-state index is -2.70. The van der Waals surface area contributed by atoms with Crippen LogP contribution in [0.2, 0.25) is 0 Å². The highest BCUT2D eigenvalue weighted by Gasteiger charge is 2.47. The van der Waals surface area contributed by atoms with E-state index in [1.165, 1.54) is 4.72 Å². The van der Waals surface area contributed by atoms with E-state index in [9.17, 15) is 18.4 Å². The first kappa shape index (κ1) is 9.14. The molecule has 1 rings (SSSR count). The summed E-state index contributed by atoms with van der Waals surface area (Å²) in [5, 5.41) is 0. The summed E-state index contributed by atoms with van der Waals surface area (Å²) in [6, 6.07) is 0. The summed E-state index contributed by atoms with van der Waals surface area (Å²) < 4.78 is 25.8. The van der Waals surface area contributed by atoms with Crippen molar-refractivity contribution in [2.75, 3.05) is 0 Å². The van der Waals surface area contributed by atoms with Crippen molar-refractivity contribution in [1.82, 2.24) is 4.72 Å². The predicted molar refractivity (Wildman–Crippen MR) is 36.6 cm³/mol. The third kappa shape index (κ3) is 2.28. The minimum absolute atomic E-state index is 0.454. The first-order valence-electron chi connectivity index (χ1n) is 3.13. The fraction of sp³-hybridized carbons (Fsp3) is 0.600. The van der Waals surface area contributed by atoms with Gasteiger partial charge in [-0.3, -0.25) is 13.7 Å². The highest BCUT2D eigenvalue weighted by atomic mass is 32.2. The Balaban J connectivity index is 2.36. The molecule has 1 saturated carbocycles. The molecule has 6 nitrogen and oxygen atoms in total. The molecule has 0 heterocycles. The van der Waals surface area contributed by atoms with Crippen molar-refractivity contribution in [3.8, 4) is 0 Å². The Bertz CT molecular complexity index is 236. The van der Waals surface area contributed by atoms with E-state index in [0.29, 0.717) is 19.1 Å². The summed E-state index contributed by atoms with van der Waals surface area (Å²) in [6.45, 7) is 0. The number of aldehydes is 1. The molecule has 12 heavy (non-hydrogen) atoms. The normalized spacial score (nSPS) is 20.8. The quantitative estimate of drug-likeness (QED) is 0.468. The second kappa shape index (κ2) is 3.20. The molecule has 1 N–H and O–H groups in total. The van der Waals surface area contributed by atoms with Crippen LogP contribution >= 0.6 is 0 Å². The standard InChI is InChI=1S/C5H7NO5S/c7-3-5(1-2-5)11-4(8)6-12(9)10/h3H,1-2H2,(H,6,8)(H,9,10)/p-1. The van der Waals surface area contributed by atoms with Crippen LogP contribution in [0.25, 0.3) is 0 Å². The zero-order chi connectivity index (χ0) is 9.19. The molecule has 1 atom stereocenters. The van der Waals surface area contributed by atoms with Gasteiger partial charge in [0.05, 0.1) is 0 Å². The smallest absolute Gasteiger partial charge is 0.419 e. The van der Waals surface area contributed by atoms with Gasteiger partial charge in [0.2, 0.25) is 0 Å². The average molecular weight is 192 g/mol. The zero-order valence-corrected chi connectivity index (χ0v) is 6.76. The molecule has 0 aromatic heterocycles. The molecule has 1 aliphatic rings. The van der Waals surface area contributed by atoms with Crippen LogP contribution < -0.4 is 4.72 Å². The molecule has 7 heteroatoms. The van der Waals surface area contributed by atoms with Gasteiger partial charge in [-0.05, 0) is 12.8 Å². The number of nitrogens with one attached hydrogen (secondary N) is 1. The topological polar surface area (TPSA) is 95.5 Å². The lowest BCUT2D eigenvalue weighted by Gasteiger charge is -2.11. The van der Waals surface area contributed by atoms with Crippen LogP contribution in [-0.2, 0) is 20.8 Å². The summed E-state index contributed by atoms with van der Waals surface area (Å²) >= 11 is -2.70. The molecule has 0 spiro atoms. The zero-order valence-electron chi connectivity index (χ0n) is 5.94. The van der Waals surface area contributed by atoms with E-state index in [-0.39, 0.29) is 0 Å². The van der Waals surface area contributed by atoms with Crippen molar-refractivity contribution in [3.63, 3.8) is 0 Å². The van der Waals surface area contributed by atoms with Crippen LogP contribution in [-0.4, -0.2) is 26.7 Å². The van der Waals surface area contributed by atoms with Crippen molar-refractivity contribution in [2.24, 2.45) is 0 Å². The fourth-order valence-corrected chi connectivity index (χ4v) is 0.818. The molecule has 1 fully saturated rings. The molecule has 0 aromatic carbocycles. The van der Waals surface area contributed by atoms with Crippen LogP contribution in [0.15, 0.2) is 0 Å². The van der Waals surface area contributed by atoms with Gasteiger partial charge >= 0.3 is 6.09 Å². The first-order chi connectivity index (χ1) is 5.58. The summed E-state index contributed by atoms with van der Waals surface area (Å²) in [5.41, 5.74) is -1.07. The Kier molecular flexibility index (Phi) is 2.43. The molecular formula is C5H6NO5S-. The van der Waals surface area contributed by atoms with E-state index in [1.807, 2.05) is 0 Å². The lowest BCUT2D eigenvalue weighted by atomic mass is 10.4. The summed E-state index contributed by atoms with van der Waals surface area (Å²) in [7, 11) is 0. The van der Waals surface area contributed by atoms with Crippen molar-refractivity contribution in [1.29, 1.82) is 0 Å². The fourth-order valence-electron chi connectivity index (χ4n) is 0.641. The van der Waals surface area contributed by atoms with Gasteiger partial charge in [-0.25, -0.2) is 4.79 Å². The monoisotopic (exact) mass is 192 g/mol. The van der Waals surface area contributed by atoms with Crippen molar-refractivity contribution < 1.29 is 23.1 Å². The Labute approximate surface area is 70.7 Å². The Morgan fingerprint density at radius 3 is 2.58 bits per heavy atom. The maximum atomic E-state index is 10.6. The number of amides is 1. The van der Waals surface area contributed by atoms with Crippen LogP contribution in [0, 0.1) is 0 Å². The van der Waals surface area contributed by atoms with E-state index < -0.39 is 23.0 Å². The molecule has 1 aliphatic carbocycles. The second-order valence-corrected chi connectivity index (χ2v) is 3.08. The van der Waals surface area contributed by atoms with Gasteiger partial charge in [0.1, 0.15) is 0 Å². The molecule has 1 unspecified atom stereocenters. The molecular weight excluding hydrogens is 186 g/mol. The number of hydrogen-bond acceptors (Lipinski definition) is 5. The highest BCUT2D eigenvalue weighted by molar-refractivity contribution is 7.77. The predicted octanol–water partition coefficient (Wildman–Crippen LogP) is -0.762. The van der Waals surface area contributed by atoms with Crippen LogP contribution in [0.1, 0.15) is 12.8 Å². The van der Waals surface area contributed by atoms with Gasteiger partial charge in [0.25, 0.3) is 0 Å². The summed E-state index contributed by atoms with van der Waals surface area (Å²) in [6.07, 6.45) is 0.290. The molecule has 0 bridgehead atoms. The van der Waals surface area contributed by atoms with Crippen LogP contribution in [0.4, 0.5) is 4.79 Å². The summed E-state index contributed by atoms with van der Waals surface area (Å²) in [4.78, 5) is 20.8. The van der Waals surface area contributed by atoms with E-state index >= 15 is 0 Å². The van der Waals surface area contributed by atoms with Crippen LogP contribution in [0.5, 0.6) is 0 Å². The second-order valence-electron chi connectivity index (χ2n) is 2.41. The first-order valence-corrected chi connectivity index (χ1v) is 4.21. The Morgan fingerprint density at radius 2 is 2.25 bits per heavy atom. The SMILES string of the molecule is O=CC1(OC(=O)NS(=O)[O-])CC1. The third-order valence-corrected chi connectivity index (χ3v) is 1.75. The Hall–Kier alpha value is -0.950. The van der Waals surface area contributed by atoms with Gasteiger partial charge < -0.3 is 9.29 Å². The van der Waals surface area contributed by atoms with Crippen LogP contribution in [0.3, 0.4) is 0 Å². The maximum absolute atomic E-state index is 10.6. The molecule has 0 aromatic rings. The van der Waals surface area contributed by atoms with E-state index in [1.54, 1.807) is 0 Å². The average Bonchev–Trinajstić information content (AvgIpc) is 2.67. The highest BCUT2D eigenvalue weighted by Crippen LogP contribution is 2.37. The molecule has 68 valence electrons. The largest absolute Gasteiger partial charge is 0.755 e. The van der Waals surface area contributed by atoms with E-state index in [0.717, 1.165) is 0 Å². The number of rotatable bonds is 3. The minimum Gasteiger partial charge on any atom is -0.755 e. The lowest BCUT2D eigenvalue weighted by molar-refractivity contribution is -0.116. The van der Waals surface area contributed by atoms with Crippen molar-refractivity contribution >= 4 is 23.6 Å². The van der Waals surface area contributed by atoms with E-state index in [2.05, 4.69) is 4.74 Å². The molecule has 0 saturated heterocycles. The van der Waals surface area contributed by atoms with E-state index in [4.69, 9.17) is 0 Å². The lowest BCUT2D eigenvalue weighted by Crippen LogP contribution is -2.31. The molecule has 1 amide bonds. The number of carbonyl (C=O) groups is 2. The number of ether oxygens (including phenoxy) is 1.